The monoisotopic (exact) mass is 411 g/mol. The Hall–Kier alpha value is -2.93. The van der Waals surface area contributed by atoms with E-state index in [1.54, 1.807) is 29.8 Å². The van der Waals surface area contributed by atoms with Gasteiger partial charge >= 0.3 is 0 Å². The van der Waals surface area contributed by atoms with Gasteiger partial charge in [0.25, 0.3) is 5.91 Å². The number of rotatable bonds is 5. The zero-order valence-corrected chi connectivity index (χ0v) is 16.8. The number of halogens is 1. The fourth-order valence-electron chi connectivity index (χ4n) is 3.37. The second-order valence-electron chi connectivity index (χ2n) is 6.90. The van der Waals surface area contributed by atoms with E-state index < -0.39 is 0 Å². The number of hydrogen-bond donors (Lipinski definition) is 0. The molecule has 1 aromatic heterocycles. The largest absolute Gasteiger partial charge is 0.487 e. The minimum absolute atomic E-state index is 0.0250. The molecule has 1 aliphatic heterocycles. The third-order valence-corrected chi connectivity index (χ3v) is 5.58. The van der Waals surface area contributed by atoms with Gasteiger partial charge in [0.15, 0.2) is 0 Å². The minimum Gasteiger partial charge on any atom is -0.487 e. The molecule has 0 bridgehead atoms. The summed E-state index contributed by atoms with van der Waals surface area (Å²) in [6.45, 7) is 3.34. The lowest BCUT2D eigenvalue weighted by molar-refractivity contribution is 0.0767. The van der Waals surface area contributed by atoms with Crippen molar-refractivity contribution < 1.29 is 13.9 Å². The van der Waals surface area contributed by atoms with Crippen LogP contribution in [0.4, 0.5) is 10.1 Å². The van der Waals surface area contributed by atoms with Crippen molar-refractivity contribution >= 4 is 22.9 Å². The van der Waals surface area contributed by atoms with E-state index in [1.165, 1.54) is 23.5 Å². The topological polar surface area (TPSA) is 45.7 Å². The lowest BCUT2D eigenvalue weighted by Crippen LogP contribution is -2.35. The zero-order chi connectivity index (χ0) is 20.1. The van der Waals surface area contributed by atoms with E-state index in [1.807, 2.05) is 22.4 Å². The van der Waals surface area contributed by atoms with Gasteiger partial charge in [0.05, 0.1) is 11.2 Å². The number of amides is 1. The van der Waals surface area contributed by atoms with E-state index in [0.29, 0.717) is 31.0 Å². The first-order valence-electron chi connectivity index (χ1n) is 9.59. The van der Waals surface area contributed by atoms with Gasteiger partial charge in [-0.1, -0.05) is 0 Å². The number of nitrogens with zero attached hydrogens (tertiary/aromatic N) is 3. The van der Waals surface area contributed by atoms with Crippen molar-refractivity contribution in [3.05, 3.63) is 76.5 Å². The summed E-state index contributed by atoms with van der Waals surface area (Å²) in [4.78, 5) is 21.2. The predicted molar refractivity (Wildman–Crippen MR) is 112 cm³/mol. The number of aromatic nitrogens is 1. The van der Waals surface area contributed by atoms with E-state index in [0.717, 1.165) is 30.9 Å². The highest BCUT2D eigenvalue weighted by Gasteiger charge is 2.20. The molecule has 0 radical (unpaired) electrons. The van der Waals surface area contributed by atoms with Crippen molar-refractivity contribution in [2.45, 2.75) is 13.0 Å². The molecule has 5 nitrogen and oxygen atoms in total. The Bertz CT molecular complexity index is 930. The summed E-state index contributed by atoms with van der Waals surface area (Å²) < 4.78 is 18.9. The number of anilines is 1. The van der Waals surface area contributed by atoms with Crippen LogP contribution in [0, 0.1) is 5.82 Å². The molecule has 29 heavy (non-hydrogen) atoms. The smallest absolute Gasteiger partial charge is 0.253 e. The molecule has 1 amide bonds. The van der Waals surface area contributed by atoms with Gasteiger partial charge in [-0.05, 0) is 55.0 Å². The normalized spacial score (nSPS) is 14.5. The van der Waals surface area contributed by atoms with E-state index >= 15 is 0 Å². The van der Waals surface area contributed by atoms with Crippen molar-refractivity contribution in [2.24, 2.45) is 0 Å². The number of hydrogen-bond acceptors (Lipinski definition) is 5. The maximum atomic E-state index is 13.2. The molecule has 2 heterocycles. The highest BCUT2D eigenvalue weighted by Crippen LogP contribution is 2.19. The van der Waals surface area contributed by atoms with Crippen LogP contribution in [0.5, 0.6) is 5.75 Å². The van der Waals surface area contributed by atoms with Crippen molar-refractivity contribution in [3.8, 4) is 5.75 Å². The summed E-state index contributed by atoms with van der Waals surface area (Å²) in [6, 6.07) is 13.8. The third-order valence-electron chi connectivity index (χ3n) is 4.95. The molecular weight excluding hydrogens is 389 g/mol. The Morgan fingerprint density at radius 1 is 1.03 bits per heavy atom. The standard InChI is InChI=1S/C22H22FN3O2S/c23-18-4-6-20(7-5-18)25-10-1-11-26(13-12-25)22(27)17-2-8-21(9-3-17)28-14-19-15-29-16-24-19/h2-9,15-16H,1,10-14H2. The van der Waals surface area contributed by atoms with Crippen LogP contribution in [-0.4, -0.2) is 42.0 Å². The van der Waals surface area contributed by atoms with Gasteiger partial charge in [-0.15, -0.1) is 11.3 Å². The van der Waals surface area contributed by atoms with Crippen molar-refractivity contribution in [2.75, 3.05) is 31.1 Å². The van der Waals surface area contributed by atoms with Crippen molar-refractivity contribution in [1.29, 1.82) is 0 Å². The Balaban J connectivity index is 1.34. The predicted octanol–water partition coefficient (Wildman–Crippen LogP) is 4.21. The molecule has 0 saturated carbocycles. The summed E-state index contributed by atoms with van der Waals surface area (Å²) in [6.07, 6.45) is 0.873. The number of carbonyl (C=O) groups is 1. The highest BCUT2D eigenvalue weighted by molar-refractivity contribution is 7.07. The highest BCUT2D eigenvalue weighted by atomic mass is 32.1. The molecule has 0 atom stereocenters. The average molecular weight is 412 g/mol. The fraction of sp³-hybridized carbons (Fsp3) is 0.273. The number of benzene rings is 2. The van der Waals surface area contributed by atoms with Crippen LogP contribution in [0.3, 0.4) is 0 Å². The van der Waals surface area contributed by atoms with Gasteiger partial charge in [0.2, 0.25) is 0 Å². The lowest BCUT2D eigenvalue weighted by atomic mass is 10.2. The molecule has 150 valence electrons. The molecule has 3 aromatic rings. The van der Waals surface area contributed by atoms with Gasteiger partial charge in [0, 0.05) is 42.8 Å². The maximum Gasteiger partial charge on any atom is 0.253 e. The van der Waals surface area contributed by atoms with Crippen LogP contribution in [-0.2, 0) is 6.61 Å². The van der Waals surface area contributed by atoms with Crippen LogP contribution in [0.2, 0.25) is 0 Å². The third kappa shape index (κ3) is 4.92. The molecule has 0 spiro atoms. The number of carbonyl (C=O) groups excluding carboxylic acids is 1. The summed E-state index contributed by atoms with van der Waals surface area (Å²) in [5, 5.41) is 1.95. The van der Waals surface area contributed by atoms with Gasteiger partial charge in [-0.25, -0.2) is 9.37 Å². The summed E-state index contributed by atoms with van der Waals surface area (Å²) in [5.74, 6) is 0.504. The lowest BCUT2D eigenvalue weighted by Gasteiger charge is -2.23. The van der Waals surface area contributed by atoms with Crippen molar-refractivity contribution in [3.63, 3.8) is 0 Å². The first-order chi connectivity index (χ1) is 14.2. The van der Waals surface area contributed by atoms with Crippen LogP contribution < -0.4 is 9.64 Å². The molecular formula is C22H22FN3O2S. The second kappa shape index (κ2) is 9.05. The SMILES string of the molecule is O=C(c1ccc(OCc2cscn2)cc1)N1CCCN(c2ccc(F)cc2)CC1. The summed E-state index contributed by atoms with van der Waals surface area (Å²) in [5.41, 5.74) is 4.31. The molecule has 4 rings (SSSR count). The van der Waals surface area contributed by atoms with E-state index in [-0.39, 0.29) is 11.7 Å². The first-order valence-corrected chi connectivity index (χ1v) is 10.5. The molecule has 1 fully saturated rings. The van der Waals surface area contributed by atoms with E-state index in [2.05, 4.69) is 9.88 Å². The van der Waals surface area contributed by atoms with Gasteiger partial charge < -0.3 is 14.5 Å². The molecule has 7 heteroatoms. The number of thiazole rings is 1. The number of ether oxygens (including phenoxy) is 1. The quantitative estimate of drug-likeness (QED) is 0.631. The van der Waals surface area contributed by atoms with Gasteiger partial charge in [-0.3, -0.25) is 4.79 Å². The summed E-state index contributed by atoms with van der Waals surface area (Å²) >= 11 is 1.54. The molecule has 2 aromatic carbocycles. The second-order valence-corrected chi connectivity index (χ2v) is 7.62. The maximum absolute atomic E-state index is 13.2. The van der Waals surface area contributed by atoms with Gasteiger partial charge in [0.1, 0.15) is 18.2 Å². The summed E-state index contributed by atoms with van der Waals surface area (Å²) in [7, 11) is 0. The Morgan fingerprint density at radius 2 is 1.83 bits per heavy atom. The Kier molecular flexibility index (Phi) is 6.05. The van der Waals surface area contributed by atoms with Crippen LogP contribution in [0.1, 0.15) is 22.5 Å². The molecule has 1 saturated heterocycles. The molecule has 1 aliphatic rings. The first kappa shape index (κ1) is 19.4. The molecule has 0 N–H and O–H groups in total. The Morgan fingerprint density at radius 3 is 2.55 bits per heavy atom. The van der Waals surface area contributed by atoms with E-state index in [9.17, 15) is 9.18 Å². The zero-order valence-electron chi connectivity index (χ0n) is 16.0. The van der Waals surface area contributed by atoms with E-state index in [4.69, 9.17) is 4.74 Å². The molecule has 0 unspecified atom stereocenters. The van der Waals surface area contributed by atoms with Gasteiger partial charge in [-0.2, -0.15) is 0 Å². The average Bonchev–Trinajstić information content (AvgIpc) is 3.16. The minimum atomic E-state index is -0.237. The Labute approximate surface area is 173 Å². The molecule has 0 aliphatic carbocycles. The van der Waals surface area contributed by atoms with Crippen molar-refractivity contribution in [1.82, 2.24) is 9.88 Å². The van der Waals surface area contributed by atoms with Crippen LogP contribution in [0.25, 0.3) is 0 Å². The fourth-order valence-corrected chi connectivity index (χ4v) is 3.92. The van der Waals surface area contributed by atoms with Crippen LogP contribution >= 0.6 is 11.3 Å². The van der Waals surface area contributed by atoms with Crippen LogP contribution in [0.15, 0.2) is 59.4 Å².